The summed E-state index contributed by atoms with van der Waals surface area (Å²) in [6.45, 7) is 3.57. The molecule has 1 heterocycles. The van der Waals surface area contributed by atoms with E-state index in [-0.39, 0.29) is 5.82 Å². The van der Waals surface area contributed by atoms with E-state index in [0.717, 1.165) is 11.4 Å². The Balaban J connectivity index is 2.31. The molecule has 0 spiro atoms. The average molecular weight is 282 g/mol. The van der Waals surface area contributed by atoms with Crippen molar-refractivity contribution in [2.45, 2.75) is 26.3 Å². The quantitative estimate of drug-likeness (QED) is 0.940. The zero-order valence-corrected chi connectivity index (χ0v) is 12.0. The number of hydrogen-bond acceptors (Lipinski definition) is 2. The van der Waals surface area contributed by atoms with Crippen LogP contribution in [0.1, 0.15) is 28.6 Å². The third-order valence-corrected chi connectivity index (χ3v) is 3.79. The Hall–Kier alpha value is -1.39. The van der Waals surface area contributed by atoms with Gasteiger partial charge in [-0.25, -0.2) is 4.39 Å². The Bertz CT molecular complexity index is 607. The van der Waals surface area contributed by atoms with E-state index in [2.05, 4.69) is 5.10 Å². The fourth-order valence-corrected chi connectivity index (χ4v) is 2.41. The number of aromatic nitrogens is 2. The van der Waals surface area contributed by atoms with Crippen LogP contribution in [0.3, 0.4) is 0 Å². The molecule has 5 heteroatoms. The molecule has 19 heavy (non-hydrogen) atoms. The zero-order chi connectivity index (χ0) is 14.2. The summed E-state index contributed by atoms with van der Waals surface area (Å²) in [6, 6.07) is 4.81. The van der Waals surface area contributed by atoms with Crippen LogP contribution in [0.15, 0.2) is 18.2 Å². The molecule has 0 amide bonds. The lowest BCUT2D eigenvalue weighted by Gasteiger charge is -2.14. The first-order valence-corrected chi connectivity index (χ1v) is 6.48. The molecule has 1 unspecified atom stereocenters. The highest BCUT2D eigenvalue weighted by Crippen LogP contribution is 2.26. The molecule has 102 valence electrons. The minimum atomic E-state index is -0.438. The summed E-state index contributed by atoms with van der Waals surface area (Å²) >= 11 is 6.18. The topological polar surface area (TPSA) is 43.8 Å². The molecule has 0 aliphatic rings. The molecule has 0 radical (unpaired) electrons. The molecule has 0 aliphatic carbocycles. The van der Waals surface area contributed by atoms with Crippen LogP contribution in [0.2, 0.25) is 5.02 Å². The van der Waals surface area contributed by atoms with Crippen molar-refractivity contribution < 1.29 is 4.39 Å². The van der Waals surface area contributed by atoms with E-state index in [4.69, 9.17) is 17.3 Å². The minimum Gasteiger partial charge on any atom is -0.324 e. The lowest BCUT2D eigenvalue weighted by molar-refractivity contribution is 0.563. The molecule has 0 aliphatic heterocycles. The second kappa shape index (κ2) is 5.31. The van der Waals surface area contributed by atoms with Crippen LogP contribution in [0, 0.1) is 19.7 Å². The maximum absolute atomic E-state index is 14.0. The summed E-state index contributed by atoms with van der Waals surface area (Å²) in [6.07, 6.45) is 0.455. The first kappa shape index (κ1) is 14.0. The number of hydrogen-bond donors (Lipinski definition) is 1. The predicted molar refractivity (Wildman–Crippen MR) is 74.7 cm³/mol. The van der Waals surface area contributed by atoms with Gasteiger partial charge in [-0.15, -0.1) is 0 Å². The molecule has 0 saturated carbocycles. The molecular formula is C14H17ClFN3. The normalized spacial score (nSPS) is 12.7. The standard InChI is InChI=1S/C14H17ClFN3/c1-8-5-4-6-10(14(8)16)11(17)7-12-13(15)9(2)18-19(12)3/h4-6,11H,7,17H2,1-3H3. The van der Waals surface area contributed by atoms with Gasteiger partial charge in [-0.2, -0.15) is 5.10 Å². The summed E-state index contributed by atoms with van der Waals surface area (Å²) in [5, 5.41) is 4.84. The highest BCUT2D eigenvalue weighted by Gasteiger charge is 2.18. The van der Waals surface area contributed by atoms with E-state index in [0.29, 0.717) is 22.6 Å². The van der Waals surface area contributed by atoms with Gasteiger partial charge in [-0.3, -0.25) is 4.68 Å². The second-order valence-corrected chi connectivity index (χ2v) is 5.14. The fraction of sp³-hybridized carbons (Fsp3) is 0.357. The number of rotatable bonds is 3. The summed E-state index contributed by atoms with van der Waals surface area (Å²) in [5.74, 6) is -0.245. The van der Waals surface area contributed by atoms with Gasteiger partial charge >= 0.3 is 0 Å². The molecule has 0 fully saturated rings. The van der Waals surface area contributed by atoms with E-state index in [1.807, 2.05) is 20.0 Å². The van der Waals surface area contributed by atoms with Gasteiger partial charge in [0.1, 0.15) is 5.82 Å². The van der Waals surface area contributed by atoms with Gasteiger partial charge in [-0.05, 0) is 19.4 Å². The summed E-state index contributed by atoms with van der Waals surface area (Å²) < 4.78 is 15.7. The first-order chi connectivity index (χ1) is 8.91. The molecule has 1 atom stereocenters. The summed E-state index contributed by atoms with van der Waals surface area (Å²) in [4.78, 5) is 0. The Labute approximate surface area is 117 Å². The molecule has 2 aromatic rings. The van der Waals surface area contributed by atoms with Crippen LogP contribution < -0.4 is 5.73 Å². The van der Waals surface area contributed by atoms with Crippen molar-refractivity contribution in [3.63, 3.8) is 0 Å². The molecule has 1 aromatic heterocycles. The van der Waals surface area contributed by atoms with Crippen molar-refractivity contribution in [1.29, 1.82) is 0 Å². The highest BCUT2D eigenvalue weighted by molar-refractivity contribution is 6.31. The minimum absolute atomic E-state index is 0.245. The maximum Gasteiger partial charge on any atom is 0.130 e. The van der Waals surface area contributed by atoms with E-state index >= 15 is 0 Å². The Morgan fingerprint density at radius 2 is 2.11 bits per heavy atom. The monoisotopic (exact) mass is 281 g/mol. The van der Waals surface area contributed by atoms with Gasteiger partial charge in [0, 0.05) is 25.1 Å². The number of halogens is 2. The smallest absolute Gasteiger partial charge is 0.130 e. The number of nitrogens with zero attached hydrogens (tertiary/aromatic N) is 2. The van der Waals surface area contributed by atoms with Gasteiger partial charge in [0.05, 0.1) is 16.4 Å². The van der Waals surface area contributed by atoms with Crippen molar-refractivity contribution in [3.05, 3.63) is 51.6 Å². The molecule has 1 aromatic carbocycles. The van der Waals surface area contributed by atoms with Crippen molar-refractivity contribution in [2.75, 3.05) is 0 Å². The predicted octanol–water partition coefficient (Wildman–Crippen LogP) is 3.07. The zero-order valence-electron chi connectivity index (χ0n) is 11.2. The van der Waals surface area contributed by atoms with Crippen LogP contribution >= 0.6 is 11.6 Å². The van der Waals surface area contributed by atoms with Crippen molar-refractivity contribution >= 4 is 11.6 Å². The Kier molecular flexibility index (Phi) is 3.92. The number of aryl methyl sites for hydroxylation is 3. The van der Waals surface area contributed by atoms with E-state index in [1.54, 1.807) is 23.7 Å². The van der Waals surface area contributed by atoms with E-state index in [9.17, 15) is 4.39 Å². The van der Waals surface area contributed by atoms with E-state index < -0.39 is 6.04 Å². The van der Waals surface area contributed by atoms with Crippen molar-refractivity contribution in [1.82, 2.24) is 9.78 Å². The first-order valence-electron chi connectivity index (χ1n) is 6.10. The number of benzene rings is 1. The second-order valence-electron chi connectivity index (χ2n) is 4.76. The van der Waals surface area contributed by atoms with Crippen molar-refractivity contribution in [3.8, 4) is 0 Å². The van der Waals surface area contributed by atoms with Gasteiger partial charge in [0.25, 0.3) is 0 Å². The molecule has 0 saturated heterocycles. The van der Waals surface area contributed by atoms with Gasteiger partial charge in [0.2, 0.25) is 0 Å². The number of nitrogens with two attached hydrogens (primary N) is 1. The molecular weight excluding hydrogens is 265 g/mol. The third-order valence-electron chi connectivity index (χ3n) is 3.30. The van der Waals surface area contributed by atoms with Crippen LogP contribution in [-0.2, 0) is 13.5 Å². The Morgan fingerprint density at radius 3 is 2.68 bits per heavy atom. The van der Waals surface area contributed by atoms with Crippen molar-refractivity contribution in [2.24, 2.45) is 12.8 Å². The SMILES string of the molecule is Cc1cccc(C(N)Cc2c(Cl)c(C)nn2C)c1F. The summed E-state index contributed by atoms with van der Waals surface area (Å²) in [7, 11) is 1.81. The largest absolute Gasteiger partial charge is 0.324 e. The van der Waals surface area contributed by atoms with Gasteiger partial charge in [0.15, 0.2) is 0 Å². The van der Waals surface area contributed by atoms with Crippen LogP contribution in [0.4, 0.5) is 4.39 Å². The fourth-order valence-electron chi connectivity index (χ4n) is 2.18. The van der Waals surface area contributed by atoms with Gasteiger partial charge in [-0.1, -0.05) is 29.8 Å². The molecule has 0 bridgehead atoms. The van der Waals surface area contributed by atoms with Crippen LogP contribution in [0.25, 0.3) is 0 Å². The maximum atomic E-state index is 14.0. The van der Waals surface area contributed by atoms with Crippen LogP contribution in [-0.4, -0.2) is 9.78 Å². The Morgan fingerprint density at radius 1 is 1.42 bits per heavy atom. The third kappa shape index (κ3) is 2.65. The van der Waals surface area contributed by atoms with Crippen LogP contribution in [0.5, 0.6) is 0 Å². The lowest BCUT2D eigenvalue weighted by Crippen LogP contribution is -2.17. The highest BCUT2D eigenvalue weighted by atomic mass is 35.5. The van der Waals surface area contributed by atoms with E-state index in [1.165, 1.54) is 0 Å². The molecule has 2 N–H and O–H groups in total. The summed E-state index contributed by atoms with van der Waals surface area (Å²) in [5.41, 5.74) is 8.80. The molecule has 3 nitrogen and oxygen atoms in total. The van der Waals surface area contributed by atoms with Gasteiger partial charge < -0.3 is 5.73 Å². The average Bonchev–Trinajstić information content (AvgIpc) is 2.59. The lowest BCUT2D eigenvalue weighted by atomic mass is 10.00. The molecule has 2 rings (SSSR count).